The number of aryl methyl sites for hydroxylation is 1. The Morgan fingerprint density at radius 2 is 1.79 bits per heavy atom. The maximum Gasteiger partial charge on any atom is 0.312 e. The molecule has 0 unspecified atom stereocenters. The van der Waals surface area contributed by atoms with Crippen LogP contribution in [0.1, 0.15) is 27.3 Å². The number of nitro groups is 1. The van der Waals surface area contributed by atoms with Crippen LogP contribution in [0.2, 0.25) is 0 Å². The van der Waals surface area contributed by atoms with Crippen LogP contribution in [0.4, 0.5) is 17.2 Å². The van der Waals surface area contributed by atoms with Gasteiger partial charge in [0.05, 0.1) is 23.4 Å². The van der Waals surface area contributed by atoms with Crippen LogP contribution in [0.5, 0.6) is 0 Å². The molecule has 10 nitrogen and oxygen atoms in total. The summed E-state index contributed by atoms with van der Waals surface area (Å²) in [5.41, 5.74) is 2.98. The number of rotatable bonds is 6. The fourth-order valence-corrected chi connectivity index (χ4v) is 3.93. The fraction of sp³-hybridized carbons (Fsp3) is 0.348. The van der Waals surface area contributed by atoms with Crippen LogP contribution in [0.15, 0.2) is 42.6 Å². The summed E-state index contributed by atoms with van der Waals surface area (Å²) in [6.45, 7) is 7.59. The van der Waals surface area contributed by atoms with E-state index in [9.17, 15) is 14.9 Å². The molecule has 1 fully saturated rings. The number of nitrogens with one attached hydrogen (secondary N) is 1. The van der Waals surface area contributed by atoms with Gasteiger partial charge in [-0.25, -0.2) is 4.98 Å². The third kappa shape index (κ3) is 5.01. The smallest absolute Gasteiger partial charge is 0.312 e. The molecule has 1 aromatic carbocycles. The van der Waals surface area contributed by atoms with Gasteiger partial charge in [0.25, 0.3) is 5.91 Å². The van der Waals surface area contributed by atoms with Gasteiger partial charge in [-0.05, 0) is 50.7 Å². The molecule has 33 heavy (non-hydrogen) atoms. The van der Waals surface area contributed by atoms with Crippen molar-refractivity contribution < 1.29 is 9.72 Å². The molecule has 172 valence electrons. The highest BCUT2D eigenvalue weighted by molar-refractivity contribution is 6.04. The number of hydrogen-bond donors (Lipinski definition) is 1. The lowest BCUT2D eigenvalue weighted by Gasteiger charge is -2.33. The standard InChI is InChI=1S/C23H27N7O3/c1-16-22(30(32)33)17(2)29(26-16)15-18-4-6-19(7-5-18)23(31)25-20-8-9-21(24-14-20)28-12-10-27(3)11-13-28/h4-9,14H,10-13,15H2,1-3H3,(H,25,31). The molecule has 1 saturated heterocycles. The average molecular weight is 450 g/mol. The molecule has 0 spiro atoms. The highest BCUT2D eigenvalue weighted by Crippen LogP contribution is 2.23. The molecule has 0 atom stereocenters. The van der Waals surface area contributed by atoms with E-state index in [-0.39, 0.29) is 11.6 Å². The Morgan fingerprint density at radius 1 is 1.09 bits per heavy atom. The van der Waals surface area contributed by atoms with Gasteiger partial charge in [-0.1, -0.05) is 12.1 Å². The molecule has 10 heteroatoms. The summed E-state index contributed by atoms with van der Waals surface area (Å²) < 4.78 is 1.61. The lowest BCUT2D eigenvalue weighted by molar-refractivity contribution is -0.386. The first-order valence-electron chi connectivity index (χ1n) is 10.8. The number of anilines is 2. The van der Waals surface area contributed by atoms with Crippen molar-refractivity contribution in [1.29, 1.82) is 0 Å². The van der Waals surface area contributed by atoms with Gasteiger partial charge in [0, 0.05) is 31.7 Å². The van der Waals surface area contributed by atoms with E-state index in [0.717, 1.165) is 37.6 Å². The molecule has 0 aliphatic carbocycles. The minimum absolute atomic E-state index is 0.0400. The number of benzene rings is 1. The molecule has 3 heterocycles. The van der Waals surface area contributed by atoms with Crippen LogP contribution in [-0.2, 0) is 6.54 Å². The summed E-state index contributed by atoms with van der Waals surface area (Å²) >= 11 is 0. The number of carbonyl (C=O) groups excluding carboxylic acids is 1. The van der Waals surface area contributed by atoms with Crippen molar-refractivity contribution in [3.63, 3.8) is 0 Å². The monoisotopic (exact) mass is 449 g/mol. The van der Waals surface area contributed by atoms with Crippen LogP contribution < -0.4 is 10.2 Å². The predicted octanol–water partition coefficient (Wildman–Crippen LogP) is 2.86. The largest absolute Gasteiger partial charge is 0.354 e. The Labute approximate surface area is 192 Å². The Bertz CT molecular complexity index is 1150. The molecular weight excluding hydrogens is 422 g/mol. The van der Waals surface area contributed by atoms with E-state index >= 15 is 0 Å². The van der Waals surface area contributed by atoms with Crippen LogP contribution in [-0.4, -0.2) is 63.7 Å². The summed E-state index contributed by atoms with van der Waals surface area (Å²) in [4.78, 5) is 32.4. The number of carbonyl (C=O) groups is 1. The topological polar surface area (TPSA) is 109 Å². The van der Waals surface area contributed by atoms with Crippen molar-refractivity contribution in [1.82, 2.24) is 19.7 Å². The van der Waals surface area contributed by atoms with Crippen LogP contribution in [0, 0.1) is 24.0 Å². The SMILES string of the molecule is Cc1nn(Cc2ccc(C(=O)Nc3ccc(N4CCN(C)CC4)nc3)cc2)c(C)c1[N+](=O)[O-]. The Morgan fingerprint density at radius 3 is 2.36 bits per heavy atom. The van der Waals surface area contributed by atoms with Crippen molar-refractivity contribution in [2.75, 3.05) is 43.4 Å². The summed E-state index contributed by atoms with van der Waals surface area (Å²) in [5.74, 6) is 0.687. The Hall–Kier alpha value is -3.79. The lowest BCUT2D eigenvalue weighted by atomic mass is 10.1. The van der Waals surface area contributed by atoms with Crippen molar-refractivity contribution in [2.24, 2.45) is 0 Å². The maximum atomic E-state index is 12.6. The fourth-order valence-electron chi connectivity index (χ4n) is 3.93. The maximum absolute atomic E-state index is 12.6. The molecule has 3 aromatic rings. The molecular formula is C23H27N7O3. The molecule has 0 radical (unpaired) electrons. The van der Waals surface area contributed by atoms with E-state index in [2.05, 4.69) is 32.2 Å². The van der Waals surface area contributed by atoms with E-state index in [0.29, 0.717) is 29.2 Å². The van der Waals surface area contributed by atoms with Crippen LogP contribution >= 0.6 is 0 Å². The number of amides is 1. The van der Waals surface area contributed by atoms with Gasteiger partial charge >= 0.3 is 5.69 Å². The van der Waals surface area contributed by atoms with Crippen LogP contribution in [0.25, 0.3) is 0 Å². The van der Waals surface area contributed by atoms with Gasteiger partial charge in [0.2, 0.25) is 0 Å². The van der Waals surface area contributed by atoms with Gasteiger partial charge < -0.3 is 15.1 Å². The third-order valence-corrected chi connectivity index (χ3v) is 5.91. The summed E-state index contributed by atoms with van der Waals surface area (Å²) in [7, 11) is 2.11. The van der Waals surface area contributed by atoms with Gasteiger partial charge in [-0.15, -0.1) is 0 Å². The Kier molecular flexibility index (Phi) is 6.36. The van der Waals surface area contributed by atoms with E-state index in [1.165, 1.54) is 0 Å². The molecule has 1 aliphatic heterocycles. The van der Waals surface area contributed by atoms with E-state index in [1.54, 1.807) is 36.9 Å². The molecule has 0 saturated carbocycles. The Balaban J connectivity index is 1.38. The van der Waals surface area contributed by atoms with Crippen LogP contribution in [0.3, 0.4) is 0 Å². The van der Waals surface area contributed by atoms with Gasteiger partial charge in [-0.2, -0.15) is 5.10 Å². The summed E-state index contributed by atoms with van der Waals surface area (Å²) in [5, 5.41) is 18.3. The first kappa shape index (κ1) is 22.4. The minimum Gasteiger partial charge on any atom is -0.354 e. The van der Waals surface area contributed by atoms with Crippen molar-refractivity contribution >= 4 is 23.1 Å². The molecule has 0 bridgehead atoms. The first-order chi connectivity index (χ1) is 15.8. The van der Waals surface area contributed by atoms with Crippen molar-refractivity contribution in [2.45, 2.75) is 20.4 Å². The predicted molar refractivity (Wildman–Crippen MR) is 126 cm³/mol. The normalized spacial score (nSPS) is 14.3. The number of hydrogen-bond acceptors (Lipinski definition) is 7. The molecule has 1 aliphatic rings. The number of piperazine rings is 1. The second-order valence-electron chi connectivity index (χ2n) is 8.28. The van der Waals surface area contributed by atoms with E-state index in [1.807, 2.05) is 24.3 Å². The van der Waals surface area contributed by atoms with E-state index < -0.39 is 4.92 Å². The van der Waals surface area contributed by atoms with Crippen molar-refractivity contribution in [3.05, 3.63) is 75.2 Å². The highest BCUT2D eigenvalue weighted by Gasteiger charge is 2.21. The zero-order chi connectivity index (χ0) is 23.5. The lowest BCUT2D eigenvalue weighted by Crippen LogP contribution is -2.44. The zero-order valence-electron chi connectivity index (χ0n) is 19.0. The summed E-state index contributed by atoms with van der Waals surface area (Å²) in [6, 6.07) is 10.9. The first-order valence-corrected chi connectivity index (χ1v) is 10.8. The molecule has 1 N–H and O–H groups in total. The molecule has 4 rings (SSSR count). The number of likely N-dealkylation sites (N-methyl/N-ethyl adjacent to an activating group) is 1. The molecule has 1 amide bonds. The zero-order valence-corrected chi connectivity index (χ0v) is 19.0. The second kappa shape index (κ2) is 9.37. The quantitative estimate of drug-likeness (QED) is 0.455. The highest BCUT2D eigenvalue weighted by atomic mass is 16.6. The van der Waals surface area contributed by atoms with E-state index in [4.69, 9.17) is 0 Å². The van der Waals surface area contributed by atoms with Gasteiger partial charge in [-0.3, -0.25) is 19.6 Å². The van der Waals surface area contributed by atoms with Crippen molar-refractivity contribution in [3.8, 4) is 0 Å². The second-order valence-corrected chi connectivity index (χ2v) is 8.28. The van der Waals surface area contributed by atoms with Gasteiger partial charge in [0.1, 0.15) is 17.2 Å². The number of aromatic nitrogens is 3. The average Bonchev–Trinajstić information content (AvgIpc) is 3.08. The molecule has 2 aromatic heterocycles. The number of pyridine rings is 1. The summed E-state index contributed by atoms with van der Waals surface area (Å²) in [6.07, 6.45) is 1.68. The number of nitrogens with zero attached hydrogens (tertiary/aromatic N) is 6. The van der Waals surface area contributed by atoms with Gasteiger partial charge in [0.15, 0.2) is 0 Å². The third-order valence-electron chi connectivity index (χ3n) is 5.91. The minimum atomic E-state index is -0.409.